The van der Waals surface area contributed by atoms with Crippen LogP contribution >= 0.6 is 0 Å². The van der Waals surface area contributed by atoms with Crippen molar-refractivity contribution in [3.63, 3.8) is 0 Å². The Kier molecular flexibility index (Phi) is 9.15. The highest BCUT2D eigenvalue weighted by Gasteiger charge is 2.25. The van der Waals surface area contributed by atoms with Crippen LogP contribution in [0, 0.1) is 11.3 Å². The molecule has 0 N–H and O–H groups in total. The molecule has 6 nitrogen and oxygen atoms in total. The molecule has 1 fully saturated rings. The molecule has 3 aromatic rings. The molecule has 2 heterocycles. The lowest BCUT2D eigenvalue weighted by atomic mass is 10.00. The maximum atomic E-state index is 9.49. The van der Waals surface area contributed by atoms with Crippen molar-refractivity contribution in [2.75, 3.05) is 39.1 Å². The number of rotatable bonds is 9. The summed E-state index contributed by atoms with van der Waals surface area (Å²) in [7, 11) is 6.26. The summed E-state index contributed by atoms with van der Waals surface area (Å²) in [6.07, 6.45) is 10.4. The first kappa shape index (κ1) is 27.3. The zero-order valence-corrected chi connectivity index (χ0v) is 23.5. The number of fused-ring (bicyclic) bond motifs is 1. The third-order valence-electron chi connectivity index (χ3n) is 7.54. The summed E-state index contributed by atoms with van der Waals surface area (Å²) in [5, 5.41) is 21.3. The molecule has 2 aromatic carbocycles. The molecule has 1 aliphatic heterocycles. The van der Waals surface area contributed by atoms with Gasteiger partial charge in [0.15, 0.2) is 5.82 Å². The van der Waals surface area contributed by atoms with Crippen molar-refractivity contribution in [3.05, 3.63) is 83.1 Å². The second-order valence-corrected chi connectivity index (χ2v) is 10.3. The fourth-order valence-corrected chi connectivity index (χ4v) is 5.30. The van der Waals surface area contributed by atoms with Crippen LogP contribution in [0.3, 0.4) is 0 Å². The first-order valence-corrected chi connectivity index (χ1v) is 13.7. The SMILES string of the molecule is CCC=CC=C(c1nnc(N(C)C2CCN(Cc3ccc(CC)c(C#N)c3)CC2)c2ccccc12)N(C)C. The Labute approximate surface area is 227 Å². The van der Waals surface area contributed by atoms with Crippen LogP contribution in [0.25, 0.3) is 16.5 Å². The van der Waals surface area contributed by atoms with E-state index in [-0.39, 0.29) is 0 Å². The summed E-state index contributed by atoms with van der Waals surface area (Å²) in [6.45, 7) is 7.16. The van der Waals surface area contributed by atoms with Crippen molar-refractivity contribution >= 4 is 22.3 Å². The molecule has 0 unspecified atom stereocenters. The van der Waals surface area contributed by atoms with Crippen LogP contribution in [-0.2, 0) is 13.0 Å². The maximum absolute atomic E-state index is 9.49. The fraction of sp³-hybridized carbons (Fsp3) is 0.406. The second-order valence-electron chi connectivity index (χ2n) is 10.3. The third kappa shape index (κ3) is 6.06. The Balaban J connectivity index is 1.51. The molecule has 1 aliphatic rings. The van der Waals surface area contributed by atoms with Gasteiger partial charge < -0.3 is 9.80 Å². The van der Waals surface area contributed by atoms with Gasteiger partial charge >= 0.3 is 0 Å². The number of anilines is 1. The summed E-state index contributed by atoms with van der Waals surface area (Å²) in [5.74, 6) is 0.943. The van der Waals surface area contributed by atoms with Crippen LogP contribution in [0.1, 0.15) is 55.5 Å². The van der Waals surface area contributed by atoms with Crippen LogP contribution in [0.2, 0.25) is 0 Å². The van der Waals surface area contributed by atoms with Crippen molar-refractivity contribution in [1.29, 1.82) is 5.26 Å². The van der Waals surface area contributed by atoms with Crippen molar-refractivity contribution in [3.8, 4) is 6.07 Å². The first-order valence-electron chi connectivity index (χ1n) is 13.7. The van der Waals surface area contributed by atoms with Gasteiger partial charge in [0.1, 0.15) is 5.69 Å². The number of piperidine rings is 1. The van der Waals surface area contributed by atoms with Crippen LogP contribution < -0.4 is 4.90 Å². The van der Waals surface area contributed by atoms with E-state index in [1.165, 1.54) is 5.56 Å². The fourth-order valence-electron chi connectivity index (χ4n) is 5.30. The Morgan fingerprint density at radius 3 is 2.45 bits per heavy atom. The van der Waals surface area contributed by atoms with E-state index in [9.17, 15) is 5.26 Å². The topological polar surface area (TPSA) is 59.3 Å². The molecule has 0 spiro atoms. The molecule has 0 saturated carbocycles. The van der Waals surface area contributed by atoms with E-state index in [1.54, 1.807) is 0 Å². The van der Waals surface area contributed by atoms with E-state index >= 15 is 0 Å². The van der Waals surface area contributed by atoms with Gasteiger partial charge in [0, 0.05) is 57.6 Å². The van der Waals surface area contributed by atoms with Crippen LogP contribution in [0.15, 0.2) is 60.7 Å². The molecule has 198 valence electrons. The maximum Gasteiger partial charge on any atom is 0.159 e. The number of hydrogen-bond donors (Lipinski definition) is 0. The Bertz CT molecular complexity index is 1340. The minimum Gasteiger partial charge on any atom is -0.376 e. The minimum atomic E-state index is 0.406. The highest BCUT2D eigenvalue weighted by Crippen LogP contribution is 2.32. The molecule has 1 aromatic heterocycles. The van der Waals surface area contributed by atoms with E-state index in [1.807, 2.05) is 0 Å². The van der Waals surface area contributed by atoms with Crippen LogP contribution in [0.5, 0.6) is 0 Å². The van der Waals surface area contributed by atoms with E-state index in [2.05, 4.69) is 116 Å². The number of nitrogens with zero attached hydrogens (tertiary/aromatic N) is 6. The number of aromatic nitrogens is 2. The van der Waals surface area contributed by atoms with Gasteiger partial charge in [-0.15, -0.1) is 10.2 Å². The lowest BCUT2D eigenvalue weighted by molar-refractivity contribution is 0.203. The van der Waals surface area contributed by atoms with Crippen molar-refractivity contribution < 1.29 is 0 Å². The van der Waals surface area contributed by atoms with Gasteiger partial charge in [-0.2, -0.15) is 5.26 Å². The number of aryl methyl sites for hydroxylation is 1. The normalized spacial score (nSPS) is 15.2. The zero-order valence-electron chi connectivity index (χ0n) is 23.5. The van der Waals surface area contributed by atoms with Crippen molar-refractivity contribution in [2.24, 2.45) is 0 Å². The lowest BCUT2D eigenvalue weighted by Gasteiger charge is -2.37. The summed E-state index contributed by atoms with van der Waals surface area (Å²) < 4.78 is 0. The Morgan fingerprint density at radius 2 is 1.79 bits per heavy atom. The number of benzene rings is 2. The summed E-state index contributed by atoms with van der Waals surface area (Å²) in [5.41, 5.74) is 5.11. The van der Waals surface area contributed by atoms with Crippen molar-refractivity contribution in [2.45, 2.75) is 52.1 Å². The zero-order chi connectivity index (χ0) is 27.1. The summed E-state index contributed by atoms with van der Waals surface area (Å²) in [6, 6.07) is 17.6. The van der Waals surface area contributed by atoms with Crippen molar-refractivity contribution in [1.82, 2.24) is 20.0 Å². The van der Waals surface area contributed by atoms with Gasteiger partial charge in [0.25, 0.3) is 0 Å². The Hall–Kier alpha value is -3.69. The van der Waals surface area contributed by atoms with Crippen LogP contribution in [-0.4, -0.2) is 60.3 Å². The molecule has 1 saturated heterocycles. The molecule has 4 rings (SSSR count). The van der Waals surface area contributed by atoms with E-state index < -0.39 is 0 Å². The quantitative estimate of drug-likeness (QED) is 0.329. The smallest absolute Gasteiger partial charge is 0.159 e. The highest BCUT2D eigenvalue weighted by molar-refractivity contribution is 5.98. The number of hydrogen-bond acceptors (Lipinski definition) is 6. The summed E-state index contributed by atoms with van der Waals surface area (Å²) >= 11 is 0. The van der Waals surface area contributed by atoms with Gasteiger partial charge in [-0.1, -0.05) is 62.4 Å². The third-order valence-corrected chi connectivity index (χ3v) is 7.54. The Morgan fingerprint density at radius 1 is 1.05 bits per heavy atom. The molecular weight excluding hydrogens is 468 g/mol. The predicted molar refractivity (Wildman–Crippen MR) is 158 cm³/mol. The molecule has 0 radical (unpaired) electrons. The van der Waals surface area contributed by atoms with E-state index in [0.29, 0.717) is 6.04 Å². The molecule has 38 heavy (non-hydrogen) atoms. The van der Waals surface area contributed by atoms with Gasteiger partial charge in [0.2, 0.25) is 0 Å². The van der Waals surface area contributed by atoms with E-state index in [4.69, 9.17) is 10.2 Å². The van der Waals surface area contributed by atoms with Gasteiger partial charge in [-0.05, 0) is 49.0 Å². The highest BCUT2D eigenvalue weighted by atomic mass is 15.3. The van der Waals surface area contributed by atoms with Gasteiger partial charge in [-0.25, -0.2) is 0 Å². The number of nitriles is 1. The molecule has 0 atom stereocenters. The molecular formula is C32H40N6. The molecule has 0 aliphatic carbocycles. The van der Waals surface area contributed by atoms with Gasteiger partial charge in [-0.3, -0.25) is 4.90 Å². The predicted octanol–water partition coefficient (Wildman–Crippen LogP) is 6.03. The number of allylic oxidation sites excluding steroid dienone is 3. The average molecular weight is 509 g/mol. The van der Waals surface area contributed by atoms with E-state index in [0.717, 1.165) is 84.4 Å². The first-order chi connectivity index (χ1) is 18.5. The summed E-state index contributed by atoms with van der Waals surface area (Å²) in [4.78, 5) is 6.93. The van der Waals surface area contributed by atoms with Crippen LogP contribution in [0.4, 0.5) is 5.82 Å². The minimum absolute atomic E-state index is 0.406. The second kappa shape index (κ2) is 12.7. The monoisotopic (exact) mass is 508 g/mol. The largest absolute Gasteiger partial charge is 0.376 e. The average Bonchev–Trinajstić information content (AvgIpc) is 2.95. The number of likely N-dealkylation sites (tertiary alicyclic amines) is 1. The lowest BCUT2D eigenvalue weighted by Crippen LogP contribution is -2.43. The van der Waals surface area contributed by atoms with Gasteiger partial charge in [0.05, 0.1) is 17.3 Å². The standard InChI is InChI=1S/C32H40N6/c1-6-8-9-14-30(36(3)4)31-28-12-10-11-13-29(28)32(35-34-31)37(5)27-17-19-38(20-18-27)23-24-15-16-25(7-2)26(21-24)22-33/h8-16,21,27H,6-7,17-20,23H2,1-5H3. The molecule has 0 amide bonds. The molecule has 6 heteroatoms. The molecule has 0 bridgehead atoms.